The molecule has 138 valence electrons. The van der Waals surface area contributed by atoms with E-state index in [0.717, 1.165) is 30.5 Å². The molecule has 4 rings (SSSR count). The molecule has 0 radical (unpaired) electrons. The predicted octanol–water partition coefficient (Wildman–Crippen LogP) is 5.41. The first kappa shape index (κ1) is 18.1. The lowest BCUT2D eigenvalue weighted by Gasteiger charge is -2.20. The fourth-order valence-corrected chi connectivity index (χ4v) is 4.72. The van der Waals surface area contributed by atoms with Crippen LogP contribution in [0.2, 0.25) is 0 Å². The molecular formula is C23H24N2OS. The number of anilines is 1. The molecule has 0 aliphatic heterocycles. The first-order valence-corrected chi connectivity index (χ1v) is 10.6. The smallest absolute Gasteiger partial charge is 0.234 e. The van der Waals surface area contributed by atoms with Crippen LogP contribution in [0.15, 0.2) is 53.4 Å². The average Bonchev–Trinajstić information content (AvgIpc) is 2.71. The number of carbonyl (C=O) groups is 1. The number of aryl methyl sites for hydroxylation is 2. The number of nitrogens with one attached hydrogen (secondary N) is 1. The lowest BCUT2D eigenvalue weighted by atomic mass is 9.94. The molecular weight excluding hydrogens is 352 g/mol. The molecule has 0 unspecified atom stereocenters. The highest BCUT2D eigenvalue weighted by atomic mass is 32.2. The van der Waals surface area contributed by atoms with E-state index >= 15 is 0 Å². The second-order valence-electron chi connectivity index (χ2n) is 6.98. The molecule has 27 heavy (non-hydrogen) atoms. The zero-order chi connectivity index (χ0) is 18.6. The minimum Gasteiger partial charge on any atom is -0.325 e. The van der Waals surface area contributed by atoms with Crippen molar-refractivity contribution in [2.45, 2.75) is 43.9 Å². The maximum absolute atomic E-state index is 12.5. The van der Waals surface area contributed by atoms with E-state index in [0.29, 0.717) is 5.75 Å². The van der Waals surface area contributed by atoms with E-state index < -0.39 is 0 Å². The number of hydrogen-bond donors (Lipinski definition) is 1. The van der Waals surface area contributed by atoms with Gasteiger partial charge in [-0.25, -0.2) is 0 Å². The van der Waals surface area contributed by atoms with Crippen LogP contribution in [0.25, 0.3) is 10.9 Å². The minimum atomic E-state index is 0.0368. The number of fused-ring (bicyclic) bond motifs is 2. The molecule has 0 saturated carbocycles. The summed E-state index contributed by atoms with van der Waals surface area (Å²) in [5.41, 5.74) is 5.75. The van der Waals surface area contributed by atoms with E-state index in [4.69, 9.17) is 4.98 Å². The van der Waals surface area contributed by atoms with Crippen molar-refractivity contribution in [1.82, 2.24) is 4.98 Å². The SMILES string of the molecule is CCc1ccc(NC(=O)CSc2c3c(nc4ccccc24)CCCC3)cc1. The standard InChI is InChI=1S/C23H24N2OS/c1-2-16-11-13-17(14-12-16)24-22(26)15-27-23-18-7-3-5-9-20(18)25-21-10-6-4-8-19(21)23/h3,5,7,9,11-14H,2,4,6,8,10,15H2,1H3,(H,24,26). The molecule has 1 N–H and O–H groups in total. The number of para-hydroxylation sites is 1. The average molecular weight is 377 g/mol. The fraction of sp³-hybridized carbons (Fsp3) is 0.304. The molecule has 1 aromatic heterocycles. The van der Waals surface area contributed by atoms with Crippen molar-refractivity contribution in [2.24, 2.45) is 0 Å². The maximum atomic E-state index is 12.5. The Bertz CT molecular complexity index is 966. The zero-order valence-electron chi connectivity index (χ0n) is 15.6. The van der Waals surface area contributed by atoms with Crippen LogP contribution < -0.4 is 5.32 Å². The number of benzene rings is 2. The van der Waals surface area contributed by atoms with Crippen LogP contribution in [0.4, 0.5) is 5.69 Å². The minimum absolute atomic E-state index is 0.0368. The van der Waals surface area contributed by atoms with Gasteiger partial charge in [-0.05, 0) is 61.4 Å². The Kier molecular flexibility index (Phi) is 5.44. The Labute approximate surface area is 164 Å². The summed E-state index contributed by atoms with van der Waals surface area (Å²) < 4.78 is 0. The van der Waals surface area contributed by atoms with Crippen LogP contribution in [0.3, 0.4) is 0 Å². The molecule has 0 fully saturated rings. The van der Waals surface area contributed by atoms with Crippen LogP contribution in [-0.2, 0) is 24.1 Å². The van der Waals surface area contributed by atoms with Crippen molar-refractivity contribution in [3.05, 3.63) is 65.4 Å². The van der Waals surface area contributed by atoms with Crippen LogP contribution in [0.1, 0.15) is 36.6 Å². The van der Waals surface area contributed by atoms with Gasteiger partial charge in [0.2, 0.25) is 5.91 Å². The Morgan fingerprint density at radius 2 is 1.85 bits per heavy atom. The van der Waals surface area contributed by atoms with Gasteiger partial charge in [-0.15, -0.1) is 11.8 Å². The van der Waals surface area contributed by atoms with Gasteiger partial charge in [0.05, 0.1) is 11.3 Å². The van der Waals surface area contributed by atoms with Crippen molar-refractivity contribution in [3.8, 4) is 0 Å². The quantitative estimate of drug-likeness (QED) is 0.606. The topological polar surface area (TPSA) is 42.0 Å². The summed E-state index contributed by atoms with van der Waals surface area (Å²) >= 11 is 1.65. The second-order valence-corrected chi connectivity index (χ2v) is 7.96. The fourth-order valence-electron chi connectivity index (χ4n) is 3.65. The first-order valence-electron chi connectivity index (χ1n) is 9.66. The zero-order valence-corrected chi connectivity index (χ0v) is 16.4. The molecule has 0 atom stereocenters. The van der Waals surface area contributed by atoms with Crippen molar-refractivity contribution in [3.63, 3.8) is 0 Å². The van der Waals surface area contributed by atoms with E-state index in [2.05, 4.69) is 42.6 Å². The molecule has 1 aliphatic carbocycles. The largest absolute Gasteiger partial charge is 0.325 e. The van der Waals surface area contributed by atoms with Gasteiger partial charge >= 0.3 is 0 Å². The third-order valence-electron chi connectivity index (χ3n) is 5.11. The summed E-state index contributed by atoms with van der Waals surface area (Å²) in [6, 6.07) is 16.4. The summed E-state index contributed by atoms with van der Waals surface area (Å²) in [6.07, 6.45) is 5.52. The van der Waals surface area contributed by atoms with E-state index in [-0.39, 0.29) is 5.91 Å². The first-order chi connectivity index (χ1) is 13.2. The monoisotopic (exact) mass is 376 g/mol. The van der Waals surface area contributed by atoms with Crippen LogP contribution in [0.5, 0.6) is 0 Å². The number of hydrogen-bond acceptors (Lipinski definition) is 3. The number of thioether (sulfide) groups is 1. The third kappa shape index (κ3) is 4.01. The Morgan fingerprint density at radius 3 is 2.67 bits per heavy atom. The number of nitrogens with zero attached hydrogens (tertiary/aromatic N) is 1. The van der Waals surface area contributed by atoms with Crippen molar-refractivity contribution < 1.29 is 4.79 Å². The number of aromatic nitrogens is 1. The lowest BCUT2D eigenvalue weighted by molar-refractivity contribution is -0.113. The van der Waals surface area contributed by atoms with E-state index in [1.54, 1.807) is 11.8 Å². The summed E-state index contributed by atoms with van der Waals surface area (Å²) in [6.45, 7) is 2.13. The summed E-state index contributed by atoms with van der Waals surface area (Å²) in [4.78, 5) is 18.6. The highest BCUT2D eigenvalue weighted by Crippen LogP contribution is 2.36. The van der Waals surface area contributed by atoms with Gasteiger partial charge in [0.1, 0.15) is 0 Å². The molecule has 0 spiro atoms. The highest BCUT2D eigenvalue weighted by Gasteiger charge is 2.19. The Morgan fingerprint density at radius 1 is 1.07 bits per heavy atom. The summed E-state index contributed by atoms with van der Waals surface area (Å²) in [7, 11) is 0. The number of rotatable bonds is 5. The number of amides is 1. The van der Waals surface area contributed by atoms with Crippen molar-refractivity contribution in [2.75, 3.05) is 11.1 Å². The third-order valence-corrected chi connectivity index (χ3v) is 6.27. The molecule has 1 aliphatic rings. The molecule has 4 heteroatoms. The van der Waals surface area contributed by atoms with Crippen molar-refractivity contribution in [1.29, 1.82) is 0 Å². The normalized spacial score (nSPS) is 13.4. The van der Waals surface area contributed by atoms with E-state index in [1.807, 2.05) is 18.2 Å². The van der Waals surface area contributed by atoms with Crippen LogP contribution in [0, 0.1) is 0 Å². The second kappa shape index (κ2) is 8.13. The molecule has 0 saturated heterocycles. The van der Waals surface area contributed by atoms with Gasteiger partial charge in [0, 0.05) is 21.7 Å². The highest BCUT2D eigenvalue weighted by molar-refractivity contribution is 8.00. The van der Waals surface area contributed by atoms with Gasteiger partial charge in [-0.3, -0.25) is 9.78 Å². The van der Waals surface area contributed by atoms with Gasteiger partial charge in [0.25, 0.3) is 0 Å². The number of pyridine rings is 1. The summed E-state index contributed by atoms with van der Waals surface area (Å²) in [5.74, 6) is 0.449. The molecule has 2 aromatic carbocycles. The molecule has 3 nitrogen and oxygen atoms in total. The van der Waals surface area contributed by atoms with Crippen LogP contribution in [-0.4, -0.2) is 16.6 Å². The number of carbonyl (C=O) groups excluding carboxylic acids is 1. The Hall–Kier alpha value is -2.33. The van der Waals surface area contributed by atoms with Gasteiger partial charge < -0.3 is 5.32 Å². The van der Waals surface area contributed by atoms with Crippen LogP contribution >= 0.6 is 11.8 Å². The molecule has 1 heterocycles. The van der Waals surface area contributed by atoms with Gasteiger partial charge in [-0.2, -0.15) is 0 Å². The Balaban J connectivity index is 1.53. The maximum Gasteiger partial charge on any atom is 0.234 e. The van der Waals surface area contributed by atoms with E-state index in [9.17, 15) is 4.79 Å². The molecule has 3 aromatic rings. The molecule has 0 bridgehead atoms. The van der Waals surface area contributed by atoms with Gasteiger partial charge in [-0.1, -0.05) is 37.3 Å². The van der Waals surface area contributed by atoms with E-state index in [1.165, 1.54) is 39.9 Å². The van der Waals surface area contributed by atoms with Gasteiger partial charge in [0.15, 0.2) is 0 Å². The predicted molar refractivity (Wildman–Crippen MR) is 114 cm³/mol. The lowest BCUT2D eigenvalue weighted by Crippen LogP contribution is -2.15. The summed E-state index contributed by atoms with van der Waals surface area (Å²) in [5, 5.41) is 4.19. The molecule has 1 amide bonds. The van der Waals surface area contributed by atoms with Crippen molar-refractivity contribution >= 4 is 34.3 Å².